The molecule has 0 saturated heterocycles. The summed E-state index contributed by atoms with van der Waals surface area (Å²) in [7, 11) is 0. The van der Waals surface area contributed by atoms with Crippen LogP contribution in [0, 0.1) is 29.2 Å². The Morgan fingerprint density at radius 3 is 2.05 bits per heavy atom. The standard InChI is InChI=1S/C31H21F7N2O2/c32-21-11-8-20(26(35)14-21)16-39-30(41)23-15-27(28-24(33)2-1-3-25(28)34)40-29(23)19-6-4-17(5-7-19)18-9-12-22(13-10-18)42-31(36,37)38/h1-14,23,29H,15-16H2,(H,39,41)/t23-,29-/m0/s1. The number of halogens is 7. The molecular weight excluding hydrogens is 565 g/mol. The van der Waals surface area contributed by atoms with Gasteiger partial charge in [0.15, 0.2) is 0 Å². The average molecular weight is 587 g/mol. The fourth-order valence-corrected chi connectivity index (χ4v) is 4.81. The Hall–Kier alpha value is -4.67. The van der Waals surface area contributed by atoms with Crippen LogP contribution in [0.15, 0.2) is 89.9 Å². The summed E-state index contributed by atoms with van der Waals surface area (Å²) in [5.41, 5.74) is 1.53. The van der Waals surface area contributed by atoms with Crippen LogP contribution < -0.4 is 10.1 Å². The van der Waals surface area contributed by atoms with Crippen LogP contribution in [0.25, 0.3) is 11.1 Å². The third-order valence-electron chi connectivity index (χ3n) is 6.82. The Labute approximate surface area is 235 Å². The van der Waals surface area contributed by atoms with Crippen molar-refractivity contribution in [2.75, 3.05) is 0 Å². The van der Waals surface area contributed by atoms with Gasteiger partial charge in [0.25, 0.3) is 0 Å². The molecule has 1 N–H and O–H groups in total. The van der Waals surface area contributed by atoms with E-state index in [4.69, 9.17) is 0 Å². The van der Waals surface area contributed by atoms with Gasteiger partial charge in [0.1, 0.15) is 29.0 Å². The molecule has 0 aliphatic carbocycles. The Kier molecular flexibility index (Phi) is 8.02. The van der Waals surface area contributed by atoms with Crippen molar-refractivity contribution in [3.8, 4) is 16.9 Å². The van der Waals surface area contributed by atoms with E-state index in [9.17, 15) is 35.5 Å². The van der Waals surface area contributed by atoms with Crippen molar-refractivity contribution in [3.05, 3.63) is 125 Å². The number of nitrogens with one attached hydrogen (secondary N) is 1. The zero-order chi connectivity index (χ0) is 30.0. The molecule has 0 radical (unpaired) electrons. The number of amides is 1. The molecule has 0 saturated carbocycles. The highest BCUT2D eigenvalue weighted by Gasteiger charge is 2.38. The second kappa shape index (κ2) is 11.7. The van der Waals surface area contributed by atoms with E-state index in [0.29, 0.717) is 22.8 Å². The fourth-order valence-electron chi connectivity index (χ4n) is 4.81. The lowest BCUT2D eigenvalue weighted by Gasteiger charge is -2.19. The zero-order valence-corrected chi connectivity index (χ0v) is 21.6. The highest BCUT2D eigenvalue weighted by molar-refractivity contribution is 6.05. The lowest BCUT2D eigenvalue weighted by atomic mass is 9.89. The monoisotopic (exact) mass is 586 g/mol. The van der Waals surface area contributed by atoms with Gasteiger partial charge in [0.05, 0.1) is 17.5 Å². The van der Waals surface area contributed by atoms with Gasteiger partial charge < -0.3 is 10.1 Å². The second-order valence-corrected chi connectivity index (χ2v) is 9.58. The fraction of sp³-hybridized carbons (Fsp3) is 0.161. The van der Waals surface area contributed by atoms with E-state index in [2.05, 4.69) is 15.0 Å². The molecular formula is C31H21F7N2O2. The maximum Gasteiger partial charge on any atom is 0.573 e. The molecule has 216 valence electrons. The van der Waals surface area contributed by atoms with Crippen molar-refractivity contribution in [2.24, 2.45) is 10.9 Å². The summed E-state index contributed by atoms with van der Waals surface area (Å²) >= 11 is 0. The number of carbonyl (C=O) groups is 1. The first kappa shape index (κ1) is 28.8. The number of benzene rings is 4. The van der Waals surface area contributed by atoms with Gasteiger partial charge in [-0.15, -0.1) is 13.2 Å². The predicted molar refractivity (Wildman–Crippen MR) is 141 cm³/mol. The molecule has 0 unspecified atom stereocenters. The number of ether oxygens (including phenoxy) is 1. The summed E-state index contributed by atoms with van der Waals surface area (Å²) in [6, 6.07) is 17.4. The third-order valence-corrected chi connectivity index (χ3v) is 6.82. The summed E-state index contributed by atoms with van der Waals surface area (Å²) in [5, 5.41) is 2.61. The topological polar surface area (TPSA) is 50.7 Å². The van der Waals surface area contributed by atoms with Gasteiger partial charge in [-0.05, 0) is 47.0 Å². The number of nitrogens with zero attached hydrogens (tertiary/aromatic N) is 1. The Balaban J connectivity index is 1.41. The van der Waals surface area contributed by atoms with Crippen LogP contribution in [0.2, 0.25) is 0 Å². The van der Waals surface area contributed by atoms with Crippen molar-refractivity contribution < 1.29 is 40.3 Å². The third kappa shape index (κ3) is 6.45. The second-order valence-electron chi connectivity index (χ2n) is 9.58. The van der Waals surface area contributed by atoms with E-state index in [0.717, 1.165) is 18.2 Å². The first-order chi connectivity index (χ1) is 20.0. The maximum atomic E-state index is 14.6. The normalized spacial score (nSPS) is 16.7. The number of hydrogen-bond donors (Lipinski definition) is 1. The van der Waals surface area contributed by atoms with E-state index in [1.807, 2.05) is 0 Å². The minimum atomic E-state index is -4.81. The van der Waals surface area contributed by atoms with Gasteiger partial charge in [0.2, 0.25) is 5.91 Å². The zero-order valence-electron chi connectivity index (χ0n) is 21.6. The van der Waals surface area contributed by atoms with Crippen molar-refractivity contribution in [3.63, 3.8) is 0 Å². The van der Waals surface area contributed by atoms with E-state index in [1.54, 1.807) is 24.3 Å². The molecule has 1 aliphatic rings. The highest BCUT2D eigenvalue weighted by Crippen LogP contribution is 2.38. The van der Waals surface area contributed by atoms with Crippen LogP contribution >= 0.6 is 0 Å². The van der Waals surface area contributed by atoms with E-state index < -0.39 is 47.5 Å². The molecule has 0 aromatic heterocycles. The summed E-state index contributed by atoms with van der Waals surface area (Å²) < 4.78 is 97.8. The molecule has 1 heterocycles. The smallest absolute Gasteiger partial charge is 0.406 e. The molecule has 5 rings (SSSR count). The predicted octanol–water partition coefficient (Wildman–Crippen LogP) is 7.68. The van der Waals surface area contributed by atoms with Gasteiger partial charge in [-0.2, -0.15) is 0 Å². The van der Waals surface area contributed by atoms with Crippen molar-refractivity contribution in [1.29, 1.82) is 0 Å². The minimum Gasteiger partial charge on any atom is -0.406 e. The molecule has 0 fully saturated rings. The molecule has 42 heavy (non-hydrogen) atoms. The molecule has 4 nitrogen and oxygen atoms in total. The molecule has 11 heteroatoms. The molecule has 4 aromatic carbocycles. The van der Waals surface area contributed by atoms with Crippen LogP contribution in [0.1, 0.15) is 29.2 Å². The van der Waals surface area contributed by atoms with Crippen LogP contribution in [0.3, 0.4) is 0 Å². The molecule has 0 bridgehead atoms. The number of aliphatic imine (C=N–C) groups is 1. The Morgan fingerprint density at radius 1 is 0.833 bits per heavy atom. The molecule has 1 aliphatic heterocycles. The van der Waals surface area contributed by atoms with E-state index in [1.165, 1.54) is 36.4 Å². The van der Waals surface area contributed by atoms with Crippen LogP contribution in [0.5, 0.6) is 5.75 Å². The van der Waals surface area contributed by atoms with Gasteiger partial charge in [-0.3, -0.25) is 9.79 Å². The summed E-state index contributed by atoms with van der Waals surface area (Å²) in [5.74, 6) is -5.11. The first-order valence-corrected chi connectivity index (χ1v) is 12.7. The minimum absolute atomic E-state index is 0.0491. The van der Waals surface area contributed by atoms with Crippen molar-refractivity contribution >= 4 is 11.6 Å². The molecule has 4 aromatic rings. The van der Waals surface area contributed by atoms with Gasteiger partial charge in [-0.1, -0.05) is 48.5 Å². The lowest BCUT2D eigenvalue weighted by molar-refractivity contribution is -0.274. The molecule has 1 amide bonds. The van der Waals surface area contributed by atoms with Gasteiger partial charge >= 0.3 is 6.36 Å². The lowest BCUT2D eigenvalue weighted by Crippen LogP contribution is -2.32. The number of alkyl halides is 3. The summed E-state index contributed by atoms with van der Waals surface area (Å²) in [6.45, 7) is -0.245. The Bertz CT molecular complexity index is 1610. The van der Waals surface area contributed by atoms with Gasteiger partial charge in [-0.25, -0.2) is 17.6 Å². The van der Waals surface area contributed by atoms with Crippen LogP contribution in [-0.4, -0.2) is 18.0 Å². The van der Waals surface area contributed by atoms with Gasteiger partial charge in [0, 0.05) is 30.3 Å². The first-order valence-electron chi connectivity index (χ1n) is 12.7. The van der Waals surface area contributed by atoms with E-state index in [-0.39, 0.29) is 35.6 Å². The summed E-state index contributed by atoms with van der Waals surface area (Å²) in [4.78, 5) is 17.8. The van der Waals surface area contributed by atoms with E-state index >= 15 is 0 Å². The van der Waals surface area contributed by atoms with Crippen LogP contribution in [0.4, 0.5) is 30.7 Å². The van der Waals surface area contributed by atoms with Crippen molar-refractivity contribution in [2.45, 2.75) is 25.4 Å². The molecule has 0 spiro atoms. The maximum absolute atomic E-state index is 14.6. The average Bonchev–Trinajstić information content (AvgIpc) is 3.37. The highest BCUT2D eigenvalue weighted by atomic mass is 19.4. The van der Waals surface area contributed by atoms with Crippen molar-refractivity contribution in [1.82, 2.24) is 5.32 Å². The SMILES string of the molecule is O=C(NCc1ccc(F)cc1F)[C@H]1CC(c2c(F)cccc2F)=N[C@H]1c1ccc(-c2ccc(OC(F)(F)F)cc2)cc1. The molecule has 2 atom stereocenters. The van der Waals surface area contributed by atoms with Crippen LogP contribution in [-0.2, 0) is 11.3 Å². The summed E-state index contributed by atoms with van der Waals surface area (Å²) in [6.07, 6.45) is -4.92. The largest absolute Gasteiger partial charge is 0.573 e. The quantitative estimate of drug-likeness (QED) is 0.226. The Morgan fingerprint density at radius 2 is 1.45 bits per heavy atom. The number of rotatable bonds is 7. The number of carbonyl (C=O) groups excluding carboxylic acids is 1. The number of hydrogen-bond acceptors (Lipinski definition) is 3.